The largest absolute Gasteiger partial charge is 0.278 e. The average molecular weight is 237 g/mol. The molecule has 18 heavy (non-hydrogen) atoms. The Hall–Kier alpha value is -1.63. The van der Waals surface area contributed by atoms with Crippen LogP contribution < -0.4 is 0 Å². The van der Waals surface area contributed by atoms with Crippen LogP contribution in [0.5, 0.6) is 0 Å². The standard InChI is InChI=1S/C17H19N/c1-4-15-13-10-6-8-12-9-7-11-14(16(12)13)17(3,5-2)18-15/h6-11H,4-5H2,1-3H3. The van der Waals surface area contributed by atoms with Crippen molar-refractivity contribution in [3.05, 3.63) is 47.5 Å². The maximum absolute atomic E-state index is 5.03. The lowest BCUT2D eigenvalue weighted by molar-refractivity contribution is 0.481. The minimum absolute atomic E-state index is 0.0563. The Labute approximate surface area is 109 Å². The predicted octanol–water partition coefficient (Wildman–Crippen LogP) is 4.68. The first-order valence-corrected chi connectivity index (χ1v) is 6.81. The van der Waals surface area contributed by atoms with Gasteiger partial charge in [-0.1, -0.05) is 50.2 Å². The van der Waals surface area contributed by atoms with Crippen LogP contribution in [0.2, 0.25) is 0 Å². The van der Waals surface area contributed by atoms with Crippen LogP contribution in [0.15, 0.2) is 41.4 Å². The normalized spacial score (nSPS) is 22.1. The van der Waals surface area contributed by atoms with E-state index in [1.54, 1.807) is 0 Å². The molecule has 0 fully saturated rings. The van der Waals surface area contributed by atoms with E-state index in [2.05, 4.69) is 57.2 Å². The molecule has 0 saturated carbocycles. The van der Waals surface area contributed by atoms with Crippen molar-refractivity contribution >= 4 is 16.5 Å². The lowest BCUT2D eigenvalue weighted by Crippen LogP contribution is -2.25. The Bertz CT molecular complexity index is 634. The maximum Gasteiger partial charge on any atom is 0.0835 e. The van der Waals surface area contributed by atoms with Gasteiger partial charge in [0.25, 0.3) is 0 Å². The molecule has 1 heterocycles. The summed E-state index contributed by atoms with van der Waals surface area (Å²) < 4.78 is 0. The van der Waals surface area contributed by atoms with Gasteiger partial charge in [-0.3, -0.25) is 4.99 Å². The Morgan fingerprint density at radius 2 is 1.78 bits per heavy atom. The molecule has 0 radical (unpaired) electrons. The number of hydrogen-bond acceptors (Lipinski definition) is 1. The van der Waals surface area contributed by atoms with Crippen molar-refractivity contribution in [2.45, 2.75) is 39.2 Å². The summed E-state index contributed by atoms with van der Waals surface area (Å²) in [7, 11) is 0. The van der Waals surface area contributed by atoms with E-state index < -0.39 is 0 Å². The summed E-state index contributed by atoms with van der Waals surface area (Å²) in [6.45, 7) is 6.68. The third kappa shape index (κ3) is 1.43. The Morgan fingerprint density at radius 3 is 2.44 bits per heavy atom. The summed E-state index contributed by atoms with van der Waals surface area (Å²) in [5.41, 5.74) is 3.91. The third-order valence-corrected chi connectivity index (χ3v) is 4.20. The van der Waals surface area contributed by atoms with Crippen molar-refractivity contribution in [3.8, 4) is 0 Å². The lowest BCUT2D eigenvalue weighted by atomic mass is 9.80. The van der Waals surface area contributed by atoms with Gasteiger partial charge in [0.15, 0.2) is 0 Å². The van der Waals surface area contributed by atoms with Gasteiger partial charge in [-0.25, -0.2) is 0 Å². The van der Waals surface area contributed by atoms with E-state index in [9.17, 15) is 0 Å². The van der Waals surface area contributed by atoms with Crippen molar-refractivity contribution < 1.29 is 0 Å². The molecule has 1 nitrogen and oxygen atoms in total. The molecule has 0 bridgehead atoms. The van der Waals surface area contributed by atoms with Crippen LogP contribution in [0.4, 0.5) is 0 Å². The van der Waals surface area contributed by atoms with E-state index >= 15 is 0 Å². The van der Waals surface area contributed by atoms with Crippen molar-refractivity contribution in [2.24, 2.45) is 4.99 Å². The number of nitrogens with zero attached hydrogens (tertiary/aromatic N) is 1. The second-order valence-electron chi connectivity index (χ2n) is 5.25. The minimum Gasteiger partial charge on any atom is -0.278 e. The van der Waals surface area contributed by atoms with E-state index in [-0.39, 0.29) is 5.54 Å². The predicted molar refractivity (Wildman–Crippen MR) is 78.4 cm³/mol. The topological polar surface area (TPSA) is 12.4 Å². The molecular weight excluding hydrogens is 218 g/mol. The Morgan fingerprint density at radius 1 is 1.06 bits per heavy atom. The van der Waals surface area contributed by atoms with Crippen molar-refractivity contribution in [1.29, 1.82) is 0 Å². The van der Waals surface area contributed by atoms with E-state index in [1.807, 2.05) is 0 Å². The summed E-state index contributed by atoms with van der Waals surface area (Å²) in [5.74, 6) is 0. The van der Waals surface area contributed by atoms with Crippen LogP contribution >= 0.6 is 0 Å². The van der Waals surface area contributed by atoms with E-state index in [1.165, 1.54) is 27.6 Å². The number of hydrogen-bond donors (Lipinski definition) is 0. The Balaban J connectivity index is 2.44. The molecule has 0 amide bonds. The van der Waals surface area contributed by atoms with Crippen LogP contribution in [0.3, 0.4) is 0 Å². The molecule has 0 aromatic heterocycles. The molecule has 0 aliphatic carbocycles. The lowest BCUT2D eigenvalue weighted by Gasteiger charge is -2.32. The van der Waals surface area contributed by atoms with Gasteiger partial charge in [-0.05, 0) is 36.1 Å². The second-order valence-corrected chi connectivity index (χ2v) is 5.25. The first-order valence-electron chi connectivity index (χ1n) is 6.81. The fourth-order valence-corrected chi connectivity index (χ4v) is 2.99. The van der Waals surface area contributed by atoms with Gasteiger partial charge in [0.1, 0.15) is 0 Å². The van der Waals surface area contributed by atoms with Gasteiger partial charge in [-0.2, -0.15) is 0 Å². The minimum atomic E-state index is -0.0563. The first kappa shape index (κ1) is 11.5. The van der Waals surface area contributed by atoms with Crippen molar-refractivity contribution in [3.63, 3.8) is 0 Å². The van der Waals surface area contributed by atoms with E-state index in [0.29, 0.717) is 0 Å². The molecule has 1 atom stereocenters. The van der Waals surface area contributed by atoms with Gasteiger partial charge in [0.05, 0.1) is 5.54 Å². The summed E-state index contributed by atoms with van der Waals surface area (Å²) in [6, 6.07) is 13.2. The summed E-state index contributed by atoms with van der Waals surface area (Å²) in [5, 5.41) is 2.75. The molecule has 0 N–H and O–H groups in total. The SMILES string of the molecule is CCC1=NC(C)(CC)c2cccc3cccc1c23. The number of rotatable bonds is 2. The zero-order valence-electron chi connectivity index (χ0n) is 11.3. The van der Waals surface area contributed by atoms with Gasteiger partial charge < -0.3 is 0 Å². The molecule has 0 saturated heterocycles. The van der Waals surface area contributed by atoms with Crippen LogP contribution in [-0.4, -0.2) is 5.71 Å². The fourth-order valence-electron chi connectivity index (χ4n) is 2.99. The van der Waals surface area contributed by atoms with Crippen LogP contribution in [0, 0.1) is 0 Å². The average Bonchev–Trinajstić information content (AvgIpc) is 2.43. The van der Waals surface area contributed by atoms with Crippen LogP contribution in [0.1, 0.15) is 44.7 Å². The number of benzene rings is 2. The monoisotopic (exact) mass is 237 g/mol. The van der Waals surface area contributed by atoms with Gasteiger partial charge in [0, 0.05) is 11.3 Å². The fraction of sp³-hybridized carbons (Fsp3) is 0.353. The molecule has 3 rings (SSSR count). The van der Waals surface area contributed by atoms with E-state index in [0.717, 1.165) is 12.8 Å². The number of aliphatic imine (C=N–C) groups is 1. The molecular formula is C17H19N. The second kappa shape index (κ2) is 3.94. The highest BCUT2D eigenvalue weighted by molar-refractivity contribution is 6.13. The first-order chi connectivity index (χ1) is 8.69. The third-order valence-electron chi connectivity index (χ3n) is 4.20. The highest BCUT2D eigenvalue weighted by atomic mass is 14.9. The van der Waals surface area contributed by atoms with Crippen molar-refractivity contribution in [2.75, 3.05) is 0 Å². The molecule has 0 spiro atoms. The summed E-state index contributed by atoms with van der Waals surface area (Å²) >= 11 is 0. The quantitative estimate of drug-likeness (QED) is 0.719. The van der Waals surface area contributed by atoms with Crippen LogP contribution in [0.25, 0.3) is 10.8 Å². The summed E-state index contributed by atoms with van der Waals surface area (Å²) in [6.07, 6.45) is 2.05. The molecule has 2 aromatic rings. The Kier molecular flexibility index (Phi) is 2.51. The molecule has 2 aromatic carbocycles. The molecule has 1 aliphatic heterocycles. The zero-order chi connectivity index (χ0) is 12.8. The maximum atomic E-state index is 5.03. The highest BCUT2D eigenvalue weighted by Crippen LogP contribution is 2.40. The van der Waals surface area contributed by atoms with Gasteiger partial charge in [0.2, 0.25) is 0 Å². The molecule has 1 aliphatic rings. The van der Waals surface area contributed by atoms with Gasteiger partial charge >= 0.3 is 0 Å². The summed E-state index contributed by atoms with van der Waals surface area (Å²) in [4.78, 5) is 5.03. The van der Waals surface area contributed by atoms with Crippen LogP contribution in [-0.2, 0) is 5.54 Å². The zero-order valence-corrected chi connectivity index (χ0v) is 11.3. The smallest absolute Gasteiger partial charge is 0.0835 e. The van der Waals surface area contributed by atoms with Gasteiger partial charge in [-0.15, -0.1) is 0 Å². The van der Waals surface area contributed by atoms with Crippen molar-refractivity contribution in [1.82, 2.24) is 0 Å². The molecule has 92 valence electrons. The molecule has 1 unspecified atom stereocenters. The molecule has 1 heteroatoms. The van der Waals surface area contributed by atoms with E-state index in [4.69, 9.17) is 4.99 Å². The highest BCUT2D eigenvalue weighted by Gasteiger charge is 2.31.